The van der Waals surface area contributed by atoms with E-state index >= 15 is 0 Å². The first-order chi connectivity index (χ1) is 20.2. The second-order valence-electron chi connectivity index (χ2n) is 10.6. The third-order valence-corrected chi connectivity index (χ3v) is 7.62. The number of nitrogens with one attached hydrogen (secondary N) is 2. The van der Waals surface area contributed by atoms with Crippen LogP contribution >= 0.6 is 0 Å². The molecule has 0 aliphatic heterocycles. The lowest BCUT2D eigenvalue weighted by molar-refractivity contribution is -0.253. The third kappa shape index (κ3) is 6.56. The predicted octanol–water partition coefficient (Wildman–Crippen LogP) is 5.27. The highest BCUT2D eigenvalue weighted by atomic mass is 19.3. The van der Waals surface area contributed by atoms with Crippen molar-refractivity contribution in [3.63, 3.8) is 0 Å². The van der Waals surface area contributed by atoms with Gasteiger partial charge < -0.3 is 25.8 Å². The van der Waals surface area contributed by atoms with Crippen molar-refractivity contribution >= 4 is 11.9 Å². The zero-order valence-electron chi connectivity index (χ0n) is 23.1. The summed E-state index contributed by atoms with van der Waals surface area (Å²) in [4.78, 5) is 25.6. The Hall–Kier alpha value is -4.26. The summed E-state index contributed by atoms with van der Waals surface area (Å²) in [5.74, 6) is -3.33. The fraction of sp³-hybridized carbons (Fsp3) is 0.333. The molecule has 230 valence electrons. The molecule has 4 atom stereocenters. The second kappa shape index (κ2) is 12.2. The number of methoxy groups -OCH3 is 1. The number of primary amides is 1. The predicted molar refractivity (Wildman–Crippen MR) is 143 cm³/mol. The molecule has 1 saturated carbocycles. The van der Waals surface area contributed by atoms with Gasteiger partial charge >= 0.3 is 18.6 Å². The van der Waals surface area contributed by atoms with Gasteiger partial charge in [-0.15, -0.1) is 0 Å². The Morgan fingerprint density at radius 2 is 1.65 bits per heavy atom. The van der Waals surface area contributed by atoms with Crippen LogP contribution < -0.4 is 21.1 Å². The fourth-order valence-electron chi connectivity index (χ4n) is 5.42. The van der Waals surface area contributed by atoms with Crippen LogP contribution in [-0.4, -0.2) is 43.7 Å². The van der Waals surface area contributed by atoms with Gasteiger partial charge in [-0.3, -0.25) is 4.79 Å². The van der Waals surface area contributed by atoms with Crippen molar-refractivity contribution in [1.29, 1.82) is 0 Å². The Kier molecular flexibility index (Phi) is 8.95. The van der Waals surface area contributed by atoms with Gasteiger partial charge in [0.15, 0.2) is 0 Å². The maximum Gasteiger partial charge on any atom is 0.461 e. The summed E-state index contributed by atoms with van der Waals surface area (Å²) in [6.07, 6.45) is -9.93. The van der Waals surface area contributed by atoms with Gasteiger partial charge in [0.1, 0.15) is 17.4 Å². The molecule has 3 aromatic carbocycles. The fourth-order valence-corrected chi connectivity index (χ4v) is 5.42. The number of carbonyl (C=O) groups is 2. The van der Waals surface area contributed by atoms with Crippen molar-refractivity contribution in [2.45, 2.75) is 50.0 Å². The summed E-state index contributed by atoms with van der Waals surface area (Å²) in [6.45, 7) is 1.58. The van der Waals surface area contributed by atoms with E-state index in [4.69, 9.17) is 10.5 Å². The number of carbonyl (C=O) groups excluding carboxylic acids is 2. The molecule has 4 N–H and O–H groups in total. The van der Waals surface area contributed by atoms with Crippen LogP contribution in [0.2, 0.25) is 0 Å². The highest BCUT2D eigenvalue weighted by molar-refractivity contribution is 5.84. The van der Waals surface area contributed by atoms with Crippen molar-refractivity contribution in [3.8, 4) is 5.75 Å². The van der Waals surface area contributed by atoms with E-state index in [1.807, 2.05) is 0 Å². The van der Waals surface area contributed by atoms with Crippen LogP contribution in [0.5, 0.6) is 5.75 Å². The number of amides is 3. The number of benzene rings is 3. The summed E-state index contributed by atoms with van der Waals surface area (Å²) in [5.41, 5.74) is 3.26. The molecule has 0 aromatic heterocycles. The van der Waals surface area contributed by atoms with Crippen LogP contribution in [-0.2, 0) is 21.5 Å². The van der Waals surface area contributed by atoms with Gasteiger partial charge in [-0.25, -0.2) is 13.6 Å². The average Bonchev–Trinajstić information content (AvgIpc) is 2.92. The lowest BCUT2D eigenvalue weighted by atomic mass is 9.63. The molecule has 1 aliphatic carbocycles. The minimum absolute atomic E-state index is 0.127. The number of hydrogen-bond donors (Lipinski definition) is 3. The number of alkyl halides is 4. The van der Waals surface area contributed by atoms with Crippen LogP contribution in [0.25, 0.3) is 0 Å². The van der Waals surface area contributed by atoms with Gasteiger partial charge in [0.2, 0.25) is 5.91 Å². The summed E-state index contributed by atoms with van der Waals surface area (Å²) in [6, 6.07) is 14.1. The molecule has 1 unspecified atom stereocenters. The highest BCUT2D eigenvalue weighted by Crippen LogP contribution is 2.43. The number of nitrogens with two attached hydrogens (primary N) is 1. The summed E-state index contributed by atoms with van der Waals surface area (Å²) in [7, 11) is 1.35. The molecule has 0 heterocycles. The smallest absolute Gasteiger partial charge is 0.428 e. The SMILES string of the molecule is COC1[C@H](NC(=O)N[C@](Cc2ccccc2)(c2ccc(F)cc2)c2cc(F)cc(OC(F)(F)C(F)F)c2)C[C@@]1(C)C(N)=O. The molecule has 7 nitrogen and oxygen atoms in total. The normalized spacial score (nSPS) is 21.4. The highest BCUT2D eigenvalue weighted by Gasteiger charge is 2.56. The van der Waals surface area contributed by atoms with Gasteiger partial charge in [0, 0.05) is 19.6 Å². The summed E-state index contributed by atoms with van der Waals surface area (Å²) >= 11 is 0. The van der Waals surface area contributed by atoms with Gasteiger partial charge in [0.05, 0.1) is 23.1 Å². The van der Waals surface area contributed by atoms with E-state index in [-0.39, 0.29) is 24.0 Å². The molecule has 4 rings (SSSR count). The molecule has 0 radical (unpaired) electrons. The number of ether oxygens (including phenoxy) is 2. The van der Waals surface area contributed by atoms with Gasteiger partial charge in [-0.2, -0.15) is 17.6 Å². The van der Waals surface area contributed by atoms with Crippen molar-refractivity contribution in [3.05, 3.63) is 101 Å². The van der Waals surface area contributed by atoms with Crippen LogP contribution in [0.1, 0.15) is 30.0 Å². The first-order valence-corrected chi connectivity index (χ1v) is 13.1. The molecule has 3 amide bonds. The van der Waals surface area contributed by atoms with Crippen LogP contribution in [0.4, 0.5) is 31.1 Å². The van der Waals surface area contributed by atoms with E-state index in [1.54, 1.807) is 37.3 Å². The Morgan fingerprint density at radius 3 is 2.23 bits per heavy atom. The largest absolute Gasteiger partial charge is 0.461 e. The number of halogens is 6. The van der Waals surface area contributed by atoms with E-state index in [1.165, 1.54) is 19.2 Å². The van der Waals surface area contributed by atoms with E-state index < -0.39 is 65.0 Å². The lowest BCUT2D eigenvalue weighted by Crippen LogP contribution is -2.68. The molecule has 1 aliphatic rings. The Morgan fingerprint density at radius 1 is 1.00 bits per heavy atom. The number of rotatable bonds is 11. The lowest BCUT2D eigenvalue weighted by Gasteiger charge is -2.50. The monoisotopic (exact) mass is 609 g/mol. The number of urea groups is 1. The average molecular weight is 610 g/mol. The minimum Gasteiger partial charge on any atom is -0.428 e. The Bertz CT molecular complexity index is 1460. The first-order valence-electron chi connectivity index (χ1n) is 13.1. The third-order valence-electron chi connectivity index (χ3n) is 7.62. The van der Waals surface area contributed by atoms with Crippen molar-refractivity contribution in [2.75, 3.05) is 7.11 Å². The zero-order valence-corrected chi connectivity index (χ0v) is 23.1. The molecule has 1 fully saturated rings. The standard InChI is InChI=1S/C30H29F6N3O4/c1-28(26(37)40)16-23(24(28)42-2)38-27(41)39-29(15-17-6-4-3-5-7-17,18-8-10-20(31)11-9-18)19-12-21(32)14-22(13-19)43-30(35,36)25(33)34/h3-14,23-25H,15-16H2,1-2H3,(H2,37,40)(H2,38,39,41)/t23-,24?,28-,29-/m1/s1. The molecule has 0 spiro atoms. The van der Waals surface area contributed by atoms with E-state index in [0.29, 0.717) is 11.6 Å². The van der Waals surface area contributed by atoms with Crippen LogP contribution in [0, 0.1) is 17.0 Å². The topological polar surface area (TPSA) is 103 Å². The quantitative estimate of drug-likeness (QED) is 0.258. The Balaban J connectivity index is 1.82. The van der Waals surface area contributed by atoms with Crippen LogP contribution in [0.3, 0.4) is 0 Å². The molecular weight excluding hydrogens is 580 g/mol. The van der Waals surface area contributed by atoms with E-state index in [9.17, 15) is 35.9 Å². The van der Waals surface area contributed by atoms with E-state index in [0.717, 1.165) is 24.3 Å². The first kappa shape index (κ1) is 31.7. The molecule has 13 heteroatoms. The van der Waals surface area contributed by atoms with Gasteiger partial charge in [-0.1, -0.05) is 42.5 Å². The maximum atomic E-state index is 15.0. The van der Waals surface area contributed by atoms with Crippen molar-refractivity contribution in [1.82, 2.24) is 10.6 Å². The molecule has 0 bridgehead atoms. The molecule has 43 heavy (non-hydrogen) atoms. The van der Waals surface area contributed by atoms with Crippen molar-refractivity contribution in [2.24, 2.45) is 11.1 Å². The summed E-state index contributed by atoms with van der Waals surface area (Å²) in [5, 5.41) is 5.47. The minimum atomic E-state index is -4.94. The van der Waals surface area contributed by atoms with Crippen molar-refractivity contribution < 1.29 is 45.4 Å². The van der Waals surface area contributed by atoms with Crippen LogP contribution in [0.15, 0.2) is 72.8 Å². The van der Waals surface area contributed by atoms with Gasteiger partial charge in [0.25, 0.3) is 0 Å². The maximum absolute atomic E-state index is 15.0. The molecule has 3 aromatic rings. The molecular formula is C30H29F6N3O4. The van der Waals surface area contributed by atoms with Gasteiger partial charge in [-0.05, 0) is 54.3 Å². The summed E-state index contributed by atoms with van der Waals surface area (Å²) < 4.78 is 92.1. The Labute approximate surface area is 243 Å². The second-order valence-corrected chi connectivity index (χ2v) is 10.6. The molecule has 0 saturated heterocycles. The number of hydrogen-bond acceptors (Lipinski definition) is 4. The van der Waals surface area contributed by atoms with E-state index in [2.05, 4.69) is 15.4 Å². The zero-order chi connectivity index (χ0) is 31.6.